The molecule has 0 amide bonds. The molecule has 0 rings (SSSR count). The van der Waals surface area contributed by atoms with Crippen LogP contribution in [-0.2, 0) is 4.84 Å². The van der Waals surface area contributed by atoms with Gasteiger partial charge in [-0.05, 0) is 77.6 Å². The minimum absolute atomic E-state index is 0.115. The highest BCUT2D eigenvalue weighted by Gasteiger charge is 2.25. The second kappa shape index (κ2) is 13.3. The summed E-state index contributed by atoms with van der Waals surface area (Å²) in [6.07, 6.45) is 9.97. The van der Waals surface area contributed by atoms with Gasteiger partial charge in [-0.25, -0.2) is 0 Å². The zero-order valence-electron chi connectivity index (χ0n) is 16.3. The predicted octanol–water partition coefficient (Wildman–Crippen LogP) is 5.15. The van der Waals surface area contributed by atoms with Crippen LogP contribution in [0.5, 0.6) is 0 Å². The van der Waals surface area contributed by atoms with E-state index in [1.807, 2.05) is 45.8 Å². The lowest BCUT2D eigenvalue weighted by atomic mass is 9.97. The lowest BCUT2D eigenvalue weighted by Crippen LogP contribution is -2.43. The number of halogens is 1. The highest BCUT2D eigenvalue weighted by Crippen LogP contribution is 2.22. The minimum Gasteiger partial charge on any atom is -0.290 e. The van der Waals surface area contributed by atoms with Crippen LogP contribution in [0.15, 0.2) is 28.9 Å². The van der Waals surface area contributed by atoms with Crippen LogP contribution in [0.25, 0.3) is 0 Å². The normalized spacial score (nSPS) is 16.8. The molecule has 0 radical (unpaired) electrons. The van der Waals surface area contributed by atoms with Gasteiger partial charge >= 0.3 is 0 Å². The molecular formula is C19H36FN3O. The molecule has 0 aromatic rings. The van der Waals surface area contributed by atoms with E-state index in [0.717, 1.165) is 32.1 Å². The number of aliphatic imine (C=N–C) groups is 1. The van der Waals surface area contributed by atoms with Crippen molar-refractivity contribution in [3.05, 3.63) is 23.9 Å². The smallest absolute Gasteiger partial charge is 0.120 e. The van der Waals surface area contributed by atoms with Gasteiger partial charge < -0.3 is 0 Å². The Hall–Kier alpha value is -1.04. The molecule has 3 unspecified atom stereocenters. The third-order valence-corrected chi connectivity index (χ3v) is 4.23. The summed E-state index contributed by atoms with van der Waals surface area (Å²) in [5, 5.41) is 0.528. The van der Waals surface area contributed by atoms with Crippen LogP contribution < -0.4 is 0 Å². The second-order valence-electron chi connectivity index (χ2n) is 6.64. The topological polar surface area (TPSA) is 28.1 Å². The Morgan fingerprint density at radius 3 is 2.50 bits per heavy atom. The largest absolute Gasteiger partial charge is 0.290 e. The van der Waals surface area contributed by atoms with E-state index in [1.165, 1.54) is 5.57 Å². The SMILES string of the molecule is C=N/C=C\C(=C/C)CCCC(C)CC(N(C)C)N(F)OC(C)CC. The van der Waals surface area contributed by atoms with Crippen LogP contribution in [0, 0.1) is 5.92 Å². The van der Waals surface area contributed by atoms with Gasteiger partial charge in [0.2, 0.25) is 0 Å². The molecule has 24 heavy (non-hydrogen) atoms. The molecule has 0 aliphatic carbocycles. The van der Waals surface area contributed by atoms with Crippen molar-refractivity contribution in [2.24, 2.45) is 10.9 Å². The third-order valence-electron chi connectivity index (χ3n) is 4.23. The molecule has 0 N–H and O–H groups in total. The predicted molar refractivity (Wildman–Crippen MR) is 101 cm³/mol. The van der Waals surface area contributed by atoms with Crippen LogP contribution in [0.3, 0.4) is 0 Å². The molecule has 0 saturated heterocycles. The molecule has 0 heterocycles. The maximum absolute atomic E-state index is 14.3. The van der Waals surface area contributed by atoms with Crippen molar-refractivity contribution in [1.29, 1.82) is 0 Å². The molecule has 3 atom stereocenters. The average molecular weight is 342 g/mol. The first-order valence-corrected chi connectivity index (χ1v) is 8.91. The summed E-state index contributed by atoms with van der Waals surface area (Å²) in [7, 11) is 3.77. The average Bonchev–Trinajstić information content (AvgIpc) is 2.55. The van der Waals surface area contributed by atoms with Gasteiger partial charge in [-0.2, -0.15) is 0 Å². The number of hydrogen-bond donors (Lipinski definition) is 0. The van der Waals surface area contributed by atoms with Gasteiger partial charge in [-0.1, -0.05) is 31.9 Å². The van der Waals surface area contributed by atoms with Crippen molar-refractivity contribution < 1.29 is 9.32 Å². The van der Waals surface area contributed by atoms with Gasteiger partial charge in [0.25, 0.3) is 0 Å². The van der Waals surface area contributed by atoms with Gasteiger partial charge in [0.05, 0.1) is 6.10 Å². The molecule has 0 fully saturated rings. The van der Waals surface area contributed by atoms with Crippen molar-refractivity contribution in [2.75, 3.05) is 14.1 Å². The Kier molecular flexibility index (Phi) is 12.7. The highest BCUT2D eigenvalue weighted by atomic mass is 19.2. The molecule has 5 heteroatoms. The van der Waals surface area contributed by atoms with Crippen molar-refractivity contribution >= 4 is 6.72 Å². The Morgan fingerprint density at radius 1 is 1.33 bits per heavy atom. The summed E-state index contributed by atoms with van der Waals surface area (Å²) in [5.74, 6) is 0.413. The van der Waals surface area contributed by atoms with Crippen molar-refractivity contribution in [3.63, 3.8) is 0 Å². The van der Waals surface area contributed by atoms with Crippen LogP contribution in [-0.4, -0.2) is 43.3 Å². The Balaban J connectivity index is 4.40. The van der Waals surface area contributed by atoms with Gasteiger partial charge in [0.1, 0.15) is 6.17 Å². The first kappa shape index (κ1) is 23.0. The lowest BCUT2D eigenvalue weighted by Gasteiger charge is -2.31. The second-order valence-corrected chi connectivity index (χ2v) is 6.64. The monoisotopic (exact) mass is 341 g/mol. The van der Waals surface area contributed by atoms with E-state index < -0.39 is 0 Å². The van der Waals surface area contributed by atoms with Crippen molar-refractivity contribution in [1.82, 2.24) is 10.2 Å². The summed E-state index contributed by atoms with van der Waals surface area (Å²) >= 11 is 0. The van der Waals surface area contributed by atoms with Crippen molar-refractivity contribution in [2.45, 2.75) is 72.1 Å². The summed E-state index contributed by atoms with van der Waals surface area (Å²) in [4.78, 5) is 10.9. The van der Waals surface area contributed by atoms with E-state index in [2.05, 4.69) is 24.7 Å². The van der Waals surface area contributed by atoms with Crippen molar-refractivity contribution in [3.8, 4) is 0 Å². The zero-order chi connectivity index (χ0) is 18.5. The van der Waals surface area contributed by atoms with Crippen LogP contribution in [0.4, 0.5) is 4.48 Å². The molecule has 0 aromatic carbocycles. The fourth-order valence-electron chi connectivity index (χ4n) is 2.40. The summed E-state index contributed by atoms with van der Waals surface area (Å²) in [6, 6.07) is 0. The highest BCUT2D eigenvalue weighted by molar-refractivity contribution is 5.27. The van der Waals surface area contributed by atoms with Crippen LogP contribution in [0.1, 0.15) is 59.8 Å². The van der Waals surface area contributed by atoms with E-state index >= 15 is 0 Å². The zero-order valence-corrected chi connectivity index (χ0v) is 16.3. The number of nitrogens with zero attached hydrogens (tertiary/aromatic N) is 3. The van der Waals surface area contributed by atoms with Crippen LogP contribution >= 0.6 is 0 Å². The number of rotatable bonds is 13. The summed E-state index contributed by atoms with van der Waals surface area (Å²) in [6.45, 7) is 11.5. The Bertz CT molecular complexity index is 396. The van der Waals surface area contributed by atoms with Gasteiger partial charge in [-0.3, -0.25) is 14.7 Å². The van der Waals surface area contributed by atoms with E-state index in [0.29, 0.717) is 11.2 Å². The molecule has 4 nitrogen and oxygen atoms in total. The summed E-state index contributed by atoms with van der Waals surface area (Å²) in [5.41, 5.74) is 1.26. The molecular weight excluding hydrogens is 305 g/mol. The quantitative estimate of drug-likeness (QED) is 0.152. The molecule has 0 aliphatic rings. The molecule has 0 bridgehead atoms. The third kappa shape index (κ3) is 9.96. The Labute approximate surface area is 148 Å². The van der Waals surface area contributed by atoms with Crippen LogP contribution in [0.2, 0.25) is 0 Å². The number of hydrogen-bond acceptors (Lipinski definition) is 4. The fraction of sp³-hybridized carbons (Fsp3) is 0.737. The molecule has 0 aromatic heterocycles. The van der Waals surface area contributed by atoms with E-state index in [9.17, 15) is 4.48 Å². The van der Waals surface area contributed by atoms with E-state index in [-0.39, 0.29) is 12.3 Å². The minimum atomic E-state index is -0.361. The summed E-state index contributed by atoms with van der Waals surface area (Å²) < 4.78 is 14.3. The molecule has 0 spiro atoms. The Morgan fingerprint density at radius 2 is 2.00 bits per heavy atom. The maximum Gasteiger partial charge on any atom is 0.120 e. The van der Waals surface area contributed by atoms with Gasteiger partial charge in [0, 0.05) is 6.20 Å². The lowest BCUT2D eigenvalue weighted by molar-refractivity contribution is -0.345. The molecule has 0 saturated carbocycles. The maximum atomic E-state index is 14.3. The van der Waals surface area contributed by atoms with Gasteiger partial charge in [-0.15, -0.1) is 4.48 Å². The molecule has 0 aliphatic heterocycles. The van der Waals surface area contributed by atoms with Gasteiger partial charge in [0.15, 0.2) is 0 Å². The first-order chi connectivity index (χ1) is 11.3. The number of allylic oxidation sites excluding steroid dienone is 3. The molecule has 140 valence electrons. The first-order valence-electron chi connectivity index (χ1n) is 8.91. The number of hydroxylamine groups is 1. The van der Waals surface area contributed by atoms with E-state index in [4.69, 9.17) is 4.84 Å². The fourth-order valence-corrected chi connectivity index (χ4v) is 2.40. The van der Waals surface area contributed by atoms with E-state index in [1.54, 1.807) is 6.20 Å². The standard InChI is InChI=1S/C19H36FN3O/c1-8-17(4)24-23(20)19(22(6)7)15-16(3)11-10-12-18(9-2)13-14-21-5/h9,13-14,16-17,19H,5,8,10-12,15H2,1-4,6-7H3/b14-13-,18-9-.